The summed E-state index contributed by atoms with van der Waals surface area (Å²) in [6.07, 6.45) is 0.506. The van der Waals surface area contributed by atoms with Gasteiger partial charge in [0, 0.05) is 44.4 Å². The number of aromatic hydroxyl groups is 1. The number of nitrogens with one attached hydrogen (secondary N) is 1. The highest BCUT2D eigenvalue weighted by Crippen LogP contribution is 2.41. The molecule has 1 fully saturated rings. The van der Waals surface area contributed by atoms with Crippen LogP contribution in [0.1, 0.15) is 5.56 Å². The molecule has 0 atom stereocenters. The van der Waals surface area contributed by atoms with Crippen LogP contribution in [-0.4, -0.2) is 49.5 Å². The zero-order chi connectivity index (χ0) is 13.2. The van der Waals surface area contributed by atoms with Gasteiger partial charge in [0.05, 0.1) is 0 Å². The summed E-state index contributed by atoms with van der Waals surface area (Å²) >= 11 is 0. The molecule has 0 radical (unpaired) electrons. The van der Waals surface area contributed by atoms with E-state index in [9.17, 15) is 9.50 Å². The van der Waals surface area contributed by atoms with Crippen molar-refractivity contribution in [3.05, 3.63) is 17.4 Å². The van der Waals surface area contributed by atoms with Crippen molar-refractivity contribution < 1.29 is 19.0 Å². The highest BCUT2D eigenvalue weighted by atomic mass is 19.1. The fourth-order valence-electron chi connectivity index (χ4n) is 2.50. The van der Waals surface area contributed by atoms with Crippen LogP contribution in [-0.2, 0) is 6.42 Å². The van der Waals surface area contributed by atoms with Crippen molar-refractivity contribution in [3.8, 4) is 17.2 Å². The molecule has 1 aromatic carbocycles. The molecule has 0 spiro atoms. The Hall–Kier alpha value is -1.53. The molecular formula is C13H17FN2O3. The predicted molar refractivity (Wildman–Crippen MR) is 67.2 cm³/mol. The van der Waals surface area contributed by atoms with E-state index in [1.54, 1.807) is 0 Å². The van der Waals surface area contributed by atoms with Gasteiger partial charge >= 0.3 is 0 Å². The van der Waals surface area contributed by atoms with Gasteiger partial charge in [0.2, 0.25) is 6.79 Å². The first kappa shape index (κ1) is 12.5. The lowest BCUT2D eigenvalue weighted by atomic mass is 10.1. The molecule has 0 aromatic heterocycles. The molecule has 2 N–H and O–H groups in total. The van der Waals surface area contributed by atoms with E-state index < -0.39 is 5.82 Å². The van der Waals surface area contributed by atoms with E-state index in [2.05, 4.69) is 10.2 Å². The molecule has 1 aromatic rings. The quantitative estimate of drug-likeness (QED) is 0.845. The molecule has 1 saturated heterocycles. The van der Waals surface area contributed by atoms with Crippen LogP contribution < -0.4 is 14.8 Å². The summed E-state index contributed by atoms with van der Waals surface area (Å²) in [5.74, 6) is -0.112. The minimum atomic E-state index is -0.598. The Labute approximate surface area is 110 Å². The SMILES string of the molecule is Oc1cc2c(c(CCN3CCNCC3)c1F)OCO2. The number of ether oxygens (including phenoxy) is 2. The van der Waals surface area contributed by atoms with Gasteiger partial charge in [0.25, 0.3) is 0 Å². The highest BCUT2D eigenvalue weighted by molar-refractivity contribution is 5.53. The molecule has 0 aliphatic carbocycles. The Kier molecular flexibility index (Phi) is 3.44. The molecule has 5 nitrogen and oxygen atoms in total. The zero-order valence-corrected chi connectivity index (χ0v) is 10.6. The number of fused-ring (bicyclic) bond motifs is 1. The normalized spacial score (nSPS) is 18.8. The molecule has 0 saturated carbocycles. The molecule has 6 heteroatoms. The number of phenolic OH excluding ortho intramolecular Hbond substituents is 1. The first-order valence-electron chi connectivity index (χ1n) is 6.48. The summed E-state index contributed by atoms with van der Waals surface area (Å²) in [5.41, 5.74) is 0.408. The van der Waals surface area contributed by atoms with Crippen LogP contribution in [0.5, 0.6) is 17.2 Å². The maximum atomic E-state index is 14.0. The number of piperazine rings is 1. The van der Waals surface area contributed by atoms with Gasteiger partial charge in [0.15, 0.2) is 23.1 Å². The van der Waals surface area contributed by atoms with Crippen molar-refractivity contribution in [3.63, 3.8) is 0 Å². The lowest BCUT2D eigenvalue weighted by Gasteiger charge is -2.27. The van der Waals surface area contributed by atoms with Crippen LogP contribution in [0.25, 0.3) is 0 Å². The second-order valence-corrected chi connectivity index (χ2v) is 4.76. The minimum absolute atomic E-state index is 0.0822. The predicted octanol–water partition coefficient (Wildman–Crippen LogP) is 0.708. The summed E-state index contributed by atoms with van der Waals surface area (Å²) in [6.45, 7) is 4.66. The third kappa shape index (κ3) is 2.46. The lowest BCUT2D eigenvalue weighted by molar-refractivity contribution is 0.172. The largest absolute Gasteiger partial charge is 0.505 e. The fourth-order valence-corrected chi connectivity index (χ4v) is 2.50. The third-order valence-electron chi connectivity index (χ3n) is 3.56. The van der Waals surface area contributed by atoms with Crippen LogP contribution in [0.15, 0.2) is 6.07 Å². The topological polar surface area (TPSA) is 54.0 Å². The van der Waals surface area contributed by atoms with Crippen molar-refractivity contribution in [1.29, 1.82) is 0 Å². The summed E-state index contributed by atoms with van der Waals surface area (Å²) in [4.78, 5) is 2.27. The van der Waals surface area contributed by atoms with Gasteiger partial charge in [-0.1, -0.05) is 0 Å². The Morgan fingerprint density at radius 3 is 2.89 bits per heavy atom. The Morgan fingerprint density at radius 2 is 2.11 bits per heavy atom. The van der Waals surface area contributed by atoms with Gasteiger partial charge < -0.3 is 24.8 Å². The van der Waals surface area contributed by atoms with Crippen molar-refractivity contribution >= 4 is 0 Å². The molecule has 0 amide bonds. The van der Waals surface area contributed by atoms with Crippen LogP contribution in [0.3, 0.4) is 0 Å². The second-order valence-electron chi connectivity index (χ2n) is 4.76. The van der Waals surface area contributed by atoms with Crippen molar-refractivity contribution in [1.82, 2.24) is 10.2 Å². The van der Waals surface area contributed by atoms with Crippen LogP contribution in [0.4, 0.5) is 4.39 Å². The lowest BCUT2D eigenvalue weighted by Crippen LogP contribution is -2.44. The van der Waals surface area contributed by atoms with Crippen LogP contribution >= 0.6 is 0 Å². The smallest absolute Gasteiger partial charge is 0.231 e. The van der Waals surface area contributed by atoms with Crippen LogP contribution in [0, 0.1) is 5.82 Å². The molecule has 0 bridgehead atoms. The summed E-state index contributed by atoms with van der Waals surface area (Å²) < 4.78 is 24.5. The third-order valence-corrected chi connectivity index (χ3v) is 3.56. The maximum absolute atomic E-state index is 14.0. The van der Waals surface area contributed by atoms with Crippen molar-refractivity contribution in [2.75, 3.05) is 39.5 Å². The van der Waals surface area contributed by atoms with E-state index in [0.29, 0.717) is 23.5 Å². The molecule has 19 heavy (non-hydrogen) atoms. The Balaban J connectivity index is 1.76. The summed E-state index contributed by atoms with van der Waals surface area (Å²) in [7, 11) is 0. The number of hydrogen-bond donors (Lipinski definition) is 2. The first-order chi connectivity index (χ1) is 9.25. The van der Waals surface area contributed by atoms with Gasteiger partial charge in [-0.2, -0.15) is 0 Å². The molecule has 0 unspecified atom stereocenters. The molecular weight excluding hydrogens is 251 g/mol. The highest BCUT2D eigenvalue weighted by Gasteiger charge is 2.25. The van der Waals surface area contributed by atoms with E-state index in [-0.39, 0.29) is 12.5 Å². The van der Waals surface area contributed by atoms with E-state index in [1.165, 1.54) is 6.07 Å². The zero-order valence-electron chi connectivity index (χ0n) is 10.6. The number of rotatable bonds is 3. The van der Waals surface area contributed by atoms with Gasteiger partial charge in [-0.15, -0.1) is 0 Å². The van der Waals surface area contributed by atoms with Crippen molar-refractivity contribution in [2.24, 2.45) is 0 Å². The van der Waals surface area contributed by atoms with Gasteiger partial charge in [0.1, 0.15) is 0 Å². The first-order valence-corrected chi connectivity index (χ1v) is 6.48. The van der Waals surface area contributed by atoms with Crippen molar-refractivity contribution in [2.45, 2.75) is 6.42 Å². The number of nitrogens with zero attached hydrogens (tertiary/aromatic N) is 1. The molecule has 2 aliphatic rings. The van der Waals surface area contributed by atoms with Gasteiger partial charge in [-0.3, -0.25) is 0 Å². The average molecular weight is 268 g/mol. The minimum Gasteiger partial charge on any atom is -0.505 e. The fraction of sp³-hybridized carbons (Fsp3) is 0.538. The number of halogens is 1. The van der Waals surface area contributed by atoms with Gasteiger partial charge in [-0.05, 0) is 6.42 Å². The number of hydrogen-bond acceptors (Lipinski definition) is 5. The van der Waals surface area contributed by atoms with E-state index >= 15 is 0 Å². The Morgan fingerprint density at radius 1 is 1.32 bits per heavy atom. The van der Waals surface area contributed by atoms with Crippen LogP contribution in [0.2, 0.25) is 0 Å². The monoisotopic (exact) mass is 268 g/mol. The van der Waals surface area contributed by atoms with E-state index in [1.807, 2.05) is 0 Å². The van der Waals surface area contributed by atoms with Gasteiger partial charge in [-0.25, -0.2) is 4.39 Å². The summed E-state index contributed by atoms with van der Waals surface area (Å²) in [5, 5.41) is 12.8. The molecule has 2 aliphatic heterocycles. The molecule has 3 rings (SSSR count). The standard InChI is InChI=1S/C13H17FN2O3/c14-12-9(1-4-16-5-2-15-3-6-16)13-11(7-10(12)17)18-8-19-13/h7,15,17H,1-6,8H2. The molecule has 2 heterocycles. The maximum Gasteiger partial charge on any atom is 0.231 e. The van der Waals surface area contributed by atoms with E-state index in [4.69, 9.17) is 9.47 Å². The average Bonchev–Trinajstić information content (AvgIpc) is 2.88. The number of benzene rings is 1. The van der Waals surface area contributed by atoms with E-state index in [0.717, 1.165) is 32.7 Å². The molecule has 104 valence electrons. The number of phenols is 1. The Bertz CT molecular complexity index is 475. The second kappa shape index (κ2) is 5.22. The summed E-state index contributed by atoms with van der Waals surface area (Å²) in [6, 6.07) is 1.27.